The third-order valence-corrected chi connectivity index (χ3v) is 4.13. The van der Waals surface area contributed by atoms with Crippen LogP contribution >= 0.6 is 0 Å². The molecule has 0 bridgehead atoms. The molecule has 0 aromatic heterocycles. The van der Waals surface area contributed by atoms with Crippen LogP contribution in [0.5, 0.6) is 0 Å². The van der Waals surface area contributed by atoms with Crippen molar-refractivity contribution in [2.75, 3.05) is 19.6 Å². The number of allylic oxidation sites excluding steroid dienone is 4. The zero-order valence-corrected chi connectivity index (χ0v) is 14.4. The number of carbonyl (C=O) groups is 1. The van der Waals surface area contributed by atoms with E-state index in [-0.39, 0.29) is 17.8 Å². The summed E-state index contributed by atoms with van der Waals surface area (Å²) in [6.45, 7) is -1.09. The molecule has 1 aliphatic heterocycles. The number of amidine groups is 2. The molecule has 1 unspecified atom stereocenters. The minimum atomic E-state index is -4.92. The predicted molar refractivity (Wildman–Crippen MR) is 88.5 cm³/mol. The van der Waals surface area contributed by atoms with E-state index in [4.69, 9.17) is 16.6 Å². The van der Waals surface area contributed by atoms with E-state index in [0.717, 1.165) is 11.0 Å². The molecule has 1 atom stereocenters. The first-order chi connectivity index (χ1) is 12.9. The molecule has 0 spiro atoms. The van der Waals surface area contributed by atoms with Crippen LogP contribution < -0.4 is 5.73 Å². The van der Waals surface area contributed by atoms with Crippen LogP contribution in [0.4, 0.5) is 26.3 Å². The molecule has 154 valence electrons. The molecule has 1 saturated heterocycles. The van der Waals surface area contributed by atoms with Crippen LogP contribution in [0.25, 0.3) is 0 Å². The predicted octanol–water partition coefficient (Wildman–Crippen LogP) is 2.70. The summed E-state index contributed by atoms with van der Waals surface area (Å²) in [4.78, 5) is 13.7. The summed E-state index contributed by atoms with van der Waals surface area (Å²) in [7, 11) is 0. The second-order valence-corrected chi connectivity index (χ2v) is 6.25. The van der Waals surface area contributed by atoms with Crippen LogP contribution in [-0.2, 0) is 4.79 Å². The maximum atomic E-state index is 13.7. The Morgan fingerprint density at radius 1 is 1.32 bits per heavy atom. The normalized spacial score (nSPS) is 21.8. The molecule has 2 rings (SSSR count). The molecule has 1 aliphatic carbocycles. The van der Waals surface area contributed by atoms with Gasteiger partial charge in [-0.1, -0.05) is 0 Å². The number of alkyl halides is 4. The number of nitrogens with two attached hydrogens (primary N) is 1. The highest BCUT2D eigenvalue weighted by Gasteiger charge is 2.41. The lowest BCUT2D eigenvalue weighted by Gasteiger charge is -2.36. The van der Waals surface area contributed by atoms with Crippen molar-refractivity contribution in [3.8, 4) is 0 Å². The summed E-state index contributed by atoms with van der Waals surface area (Å²) in [5.41, 5.74) is 5.20. The molecular formula is C16H17F6N5O. The Kier molecular flexibility index (Phi) is 6.20. The summed E-state index contributed by atoms with van der Waals surface area (Å²) in [5, 5.41) is 14.7. The van der Waals surface area contributed by atoms with Crippen molar-refractivity contribution in [3.63, 3.8) is 0 Å². The molecule has 1 amide bonds. The number of halogens is 6. The zero-order valence-electron chi connectivity index (χ0n) is 14.4. The molecule has 6 nitrogen and oxygen atoms in total. The number of nitrogens with one attached hydrogen (secondary N) is 2. The molecule has 1 fully saturated rings. The molecule has 0 aromatic rings. The van der Waals surface area contributed by atoms with E-state index in [1.807, 2.05) is 0 Å². The average Bonchev–Trinajstić information content (AvgIpc) is 2.57. The van der Waals surface area contributed by atoms with Crippen LogP contribution in [0.1, 0.15) is 12.8 Å². The van der Waals surface area contributed by atoms with Gasteiger partial charge in [0, 0.05) is 37.7 Å². The maximum Gasteiger partial charge on any atom is 0.449 e. The van der Waals surface area contributed by atoms with Gasteiger partial charge >= 0.3 is 6.18 Å². The summed E-state index contributed by atoms with van der Waals surface area (Å²) in [6, 6.07) is 0. The molecular weight excluding hydrogens is 392 g/mol. The Bertz CT molecular complexity index is 785. The highest BCUT2D eigenvalue weighted by atomic mass is 19.4. The standard InChI is InChI=1S/C16H17F6N5O/c17-9-3-8(14(19)11(18)5-9)4-10(23)6-13(28)26-1-2-27(12(24)7-26)15(25)16(20,21)22/h5-6,9,24-25H,1-4,7,23H2/b10-6-,24-12?,25-15?. The minimum absolute atomic E-state index is 0.186. The summed E-state index contributed by atoms with van der Waals surface area (Å²) in [5.74, 6) is -5.62. The molecule has 1 heterocycles. The minimum Gasteiger partial charge on any atom is -0.402 e. The highest BCUT2D eigenvalue weighted by molar-refractivity contribution is 6.03. The van der Waals surface area contributed by atoms with E-state index in [9.17, 15) is 31.1 Å². The first kappa shape index (κ1) is 21.5. The lowest BCUT2D eigenvalue weighted by Crippen LogP contribution is -2.56. The Balaban J connectivity index is 2.01. The lowest BCUT2D eigenvalue weighted by atomic mass is 9.97. The van der Waals surface area contributed by atoms with Crippen LogP contribution in [-0.4, -0.2) is 59.4 Å². The van der Waals surface area contributed by atoms with Crippen molar-refractivity contribution in [3.05, 3.63) is 35.1 Å². The second-order valence-electron chi connectivity index (χ2n) is 6.25. The van der Waals surface area contributed by atoms with Gasteiger partial charge in [-0.15, -0.1) is 0 Å². The maximum absolute atomic E-state index is 13.7. The van der Waals surface area contributed by atoms with E-state index in [2.05, 4.69) is 0 Å². The fraction of sp³-hybridized carbons (Fsp3) is 0.438. The first-order valence-corrected chi connectivity index (χ1v) is 8.05. The fourth-order valence-electron chi connectivity index (χ4n) is 2.77. The number of carbonyl (C=O) groups excluding carboxylic acids is 1. The van der Waals surface area contributed by atoms with Crippen molar-refractivity contribution >= 4 is 17.6 Å². The largest absolute Gasteiger partial charge is 0.449 e. The van der Waals surface area contributed by atoms with E-state index < -0.39 is 67.5 Å². The van der Waals surface area contributed by atoms with Gasteiger partial charge in [0.15, 0.2) is 11.7 Å². The van der Waals surface area contributed by atoms with Crippen LogP contribution in [0.2, 0.25) is 0 Å². The van der Waals surface area contributed by atoms with Crippen molar-refractivity contribution in [2.24, 2.45) is 5.73 Å². The third kappa shape index (κ3) is 4.93. The smallest absolute Gasteiger partial charge is 0.402 e. The molecule has 0 radical (unpaired) electrons. The van der Waals surface area contributed by atoms with Gasteiger partial charge in [-0.3, -0.25) is 15.6 Å². The molecule has 12 heteroatoms. The van der Waals surface area contributed by atoms with Crippen LogP contribution in [0.15, 0.2) is 35.1 Å². The monoisotopic (exact) mass is 409 g/mol. The van der Waals surface area contributed by atoms with Gasteiger partial charge in [-0.05, 0) is 11.6 Å². The van der Waals surface area contributed by atoms with E-state index in [0.29, 0.717) is 11.0 Å². The van der Waals surface area contributed by atoms with Gasteiger partial charge in [0.2, 0.25) is 11.7 Å². The Labute approximate surface area is 156 Å². The summed E-state index contributed by atoms with van der Waals surface area (Å²) < 4.78 is 78.0. The number of piperazine rings is 1. The van der Waals surface area contributed by atoms with Crippen molar-refractivity contribution in [2.45, 2.75) is 25.2 Å². The number of nitrogens with zero attached hydrogens (tertiary/aromatic N) is 2. The molecule has 0 saturated carbocycles. The van der Waals surface area contributed by atoms with Gasteiger partial charge < -0.3 is 15.5 Å². The molecule has 0 aromatic carbocycles. The number of hydrogen-bond acceptors (Lipinski definition) is 4. The fourth-order valence-corrected chi connectivity index (χ4v) is 2.77. The van der Waals surface area contributed by atoms with Gasteiger partial charge in [0.05, 0.1) is 6.54 Å². The van der Waals surface area contributed by atoms with Gasteiger partial charge in [0.1, 0.15) is 12.0 Å². The molecule has 28 heavy (non-hydrogen) atoms. The Morgan fingerprint density at radius 3 is 2.54 bits per heavy atom. The number of hydrogen-bond donors (Lipinski definition) is 3. The van der Waals surface area contributed by atoms with Crippen molar-refractivity contribution < 1.29 is 31.1 Å². The molecule has 4 N–H and O–H groups in total. The SMILES string of the molecule is N=C1CN(C(=O)/C=C(\N)CC2=C(F)C(F)=CC(F)C2)CCN1C(=N)C(F)(F)F. The van der Waals surface area contributed by atoms with Crippen molar-refractivity contribution in [1.82, 2.24) is 9.80 Å². The number of amides is 1. The average molecular weight is 409 g/mol. The van der Waals surface area contributed by atoms with E-state index in [1.165, 1.54) is 0 Å². The third-order valence-electron chi connectivity index (χ3n) is 4.13. The molecule has 2 aliphatic rings. The van der Waals surface area contributed by atoms with Crippen LogP contribution in [0.3, 0.4) is 0 Å². The van der Waals surface area contributed by atoms with Gasteiger partial charge in [-0.25, -0.2) is 13.2 Å². The van der Waals surface area contributed by atoms with Gasteiger partial charge in [0.25, 0.3) is 0 Å². The van der Waals surface area contributed by atoms with Gasteiger partial charge in [-0.2, -0.15) is 13.2 Å². The highest BCUT2D eigenvalue weighted by Crippen LogP contribution is 2.31. The number of rotatable bonds is 3. The summed E-state index contributed by atoms with van der Waals surface area (Å²) in [6.07, 6.45) is -6.07. The topological polar surface area (TPSA) is 97.3 Å². The van der Waals surface area contributed by atoms with Crippen LogP contribution in [0, 0.1) is 10.8 Å². The second kappa shape index (κ2) is 8.07. The Hall–Kier alpha value is -2.79. The van der Waals surface area contributed by atoms with Crippen molar-refractivity contribution in [1.29, 1.82) is 10.8 Å². The van der Waals surface area contributed by atoms with E-state index in [1.54, 1.807) is 0 Å². The zero-order chi connectivity index (χ0) is 21.2. The first-order valence-electron chi connectivity index (χ1n) is 8.05. The Morgan fingerprint density at radius 2 is 1.96 bits per heavy atom. The summed E-state index contributed by atoms with van der Waals surface area (Å²) >= 11 is 0. The quantitative estimate of drug-likeness (QED) is 0.289. The van der Waals surface area contributed by atoms with E-state index >= 15 is 0 Å². The lowest BCUT2D eigenvalue weighted by molar-refractivity contribution is -0.126.